The highest BCUT2D eigenvalue weighted by Gasteiger charge is 2.11. The van der Waals surface area contributed by atoms with Gasteiger partial charge in [-0.25, -0.2) is 4.79 Å². The van der Waals surface area contributed by atoms with Gasteiger partial charge in [0.1, 0.15) is 5.75 Å². The number of carbonyl (C=O) groups excluding carboxylic acids is 1. The molecule has 1 aromatic carbocycles. The Morgan fingerprint density at radius 3 is 2.74 bits per heavy atom. The fraction of sp³-hybridized carbons (Fsp3) is 0.167. The van der Waals surface area contributed by atoms with Gasteiger partial charge in [0.15, 0.2) is 0 Å². The third-order valence-electron chi connectivity index (χ3n) is 2.17. The number of carbonyl (C=O) groups is 2. The molecule has 0 atom stereocenters. The van der Waals surface area contributed by atoms with Gasteiger partial charge in [0.2, 0.25) is 5.91 Å². The second-order valence-corrected chi connectivity index (χ2v) is 4.00. The molecular weight excluding hydrogens is 272 g/mol. The first-order chi connectivity index (χ1) is 8.93. The first kappa shape index (κ1) is 14.8. The zero-order valence-electron chi connectivity index (χ0n) is 10.1. The van der Waals surface area contributed by atoms with E-state index in [4.69, 9.17) is 27.2 Å². The van der Waals surface area contributed by atoms with Crippen LogP contribution in [0.4, 0.5) is 0 Å². The third kappa shape index (κ3) is 4.51. The highest BCUT2D eigenvalue weighted by molar-refractivity contribution is 6.30. The molecule has 1 rings (SSSR count). The lowest BCUT2D eigenvalue weighted by molar-refractivity contribution is -0.131. The van der Waals surface area contributed by atoms with Crippen LogP contribution >= 0.6 is 11.6 Å². The molecule has 4 N–H and O–H groups in total. The van der Waals surface area contributed by atoms with Crippen LogP contribution in [0.15, 0.2) is 24.3 Å². The van der Waals surface area contributed by atoms with Crippen LogP contribution in [0.25, 0.3) is 5.70 Å². The Hall–Kier alpha value is -2.21. The van der Waals surface area contributed by atoms with Crippen molar-refractivity contribution in [1.29, 1.82) is 0 Å². The summed E-state index contributed by atoms with van der Waals surface area (Å²) in [5, 5.41) is 11.9. The molecule has 0 fully saturated rings. The van der Waals surface area contributed by atoms with Gasteiger partial charge >= 0.3 is 5.97 Å². The number of hydrogen-bond donors (Lipinski definition) is 3. The van der Waals surface area contributed by atoms with E-state index in [-0.39, 0.29) is 12.2 Å². The van der Waals surface area contributed by atoms with Crippen LogP contribution in [0.5, 0.6) is 5.75 Å². The van der Waals surface area contributed by atoms with Gasteiger partial charge in [-0.05, 0) is 18.2 Å². The van der Waals surface area contributed by atoms with Crippen LogP contribution in [0.2, 0.25) is 5.02 Å². The molecule has 1 aromatic rings. The lowest BCUT2D eigenvalue weighted by Gasteiger charge is -2.13. The average Bonchev–Trinajstić information content (AvgIpc) is 2.33. The second kappa shape index (κ2) is 6.65. The molecule has 1 amide bonds. The molecule has 0 saturated heterocycles. The van der Waals surface area contributed by atoms with E-state index >= 15 is 0 Å². The molecule has 0 saturated carbocycles. The number of primary amides is 1. The number of nitrogens with two attached hydrogens (primary N) is 1. The van der Waals surface area contributed by atoms with Crippen molar-refractivity contribution < 1.29 is 19.4 Å². The van der Waals surface area contributed by atoms with Gasteiger partial charge in [-0.1, -0.05) is 11.6 Å². The van der Waals surface area contributed by atoms with Crippen LogP contribution < -0.4 is 15.8 Å². The van der Waals surface area contributed by atoms with Crippen molar-refractivity contribution in [3.05, 3.63) is 34.9 Å². The summed E-state index contributed by atoms with van der Waals surface area (Å²) in [5.74, 6) is -1.36. The van der Waals surface area contributed by atoms with Crippen LogP contribution in [-0.4, -0.2) is 30.6 Å². The van der Waals surface area contributed by atoms with Gasteiger partial charge in [0.05, 0.1) is 19.4 Å². The van der Waals surface area contributed by atoms with Crippen molar-refractivity contribution in [3.8, 4) is 5.75 Å². The van der Waals surface area contributed by atoms with Gasteiger partial charge in [-0.15, -0.1) is 0 Å². The molecule has 0 spiro atoms. The summed E-state index contributed by atoms with van der Waals surface area (Å²) in [4.78, 5) is 21.6. The summed E-state index contributed by atoms with van der Waals surface area (Å²) in [6, 6.07) is 4.73. The lowest BCUT2D eigenvalue weighted by atomic mass is 10.1. The van der Waals surface area contributed by atoms with Gasteiger partial charge in [-0.2, -0.15) is 0 Å². The van der Waals surface area contributed by atoms with Crippen molar-refractivity contribution >= 4 is 29.2 Å². The number of amides is 1. The summed E-state index contributed by atoms with van der Waals surface area (Å²) >= 11 is 5.87. The van der Waals surface area contributed by atoms with Crippen LogP contribution in [0, 0.1) is 0 Å². The maximum Gasteiger partial charge on any atom is 0.330 e. The quantitative estimate of drug-likeness (QED) is 0.672. The van der Waals surface area contributed by atoms with E-state index in [2.05, 4.69) is 5.32 Å². The van der Waals surface area contributed by atoms with Gasteiger partial charge in [0.25, 0.3) is 0 Å². The first-order valence-electron chi connectivity index (χ1n) is 5.24. The maximum atomic E-state index is 10.8. The molecule has 0 unspecified atom stereocenters. The summed E-state index contributed by atoms with van der Waals surface area (Å²) < 4.78 is 5.12. The third-order valence-corrected chi connectivity index (χ3v) is 2.41. The van der Waals surface area contributed by atoms with Crippen molar-refractivity contribution in [2.75, 3.05) is 13.7 Å². The summed E-state index contributed by atoms with van der Waals surface area (Å²) in [7, 11) is 1.44. The van der Waals surface area contributed by atoms with Crippen LogP contribution in [0.1, 0.15) is 5.56 Å². The Morgan fingerprint density at radius 2 is 2.21 bits per heavy atom. The first-order valence-corrected chi connectivity index (χ1v) is 5.62. The van der Waals surface area contributed by atoms with Crippen LogP contribution in [-0.2, 0) is 9.59 Å². The van der Waals surface area contributed by atoms with Crippen molar-refractivity contribution in [2.24, 2.45) is 5.73 Å². The molecule has 0 aliphatic rings. The SMILES string of the molecule is COc1ccc(Cl)cc1C(=CC(=O)O)NCC(N)=O. The number of hydrogen-bond acceptors (Lipinski definition) is 4. The van der Waals surface area contributed by atoms with Gasteiger partial charge in [-0.3, -0.25) is 4.79 Å². The van der Waals surface area contributed by atoms with Crippen molar-refractivity contribution in [2.45, 2.75) is 0 Å². The number of aliphatic carboxylic acids is 1. The van der Waals surface area contributed by atoms with Gasteiger partial charge < -0.3 is 20.9 Å². The minimum atomic E-state index is -1.17. The zero-order valence-corrected chi connectivity index (χ0v) is 10.9. The molecule has 102 valence electrons. The second-order valence-electron chi connectivity index (χ2n) is 3.56. The predicted molar refractivity (Wildman–Crippen MR) is 70.8 cm³/mol. The average molecular weight is 285 g/mol. The highest BCUT2D eigenvalue weighted by atomic mass is 35.5. The minimum absolute atomic E-state index is 0.186. The molecule has 0 heterocycles. The van der Waals surface area contributed by atoms with Crippen LogP contribution in [0.3, 0.4) is 0 Å². The molecule has 0 aliphatic heterocycles. The Bertz CT molecular complexity index is 528. The number of ether oxygens (including phenoxy) is 1. The van der Waals surface area contributed by atoms with E-state index in [1.807, 2.05) is 0 Å². The topological polar surface area (TPSA) is 102 Å². The minimum Gasteiger partial charge on any atom is -0.496 e. The highest BCUT2D eigenvalue weighted by Crippen LogP contribution is 2.27. The van der Waals surface area contributed by atoms with E-state index < -0.39 is 11.9 Å². The molecule has 6 nitrogen and oxygen atoms in total. The fourth-order valence-corrected chi connectivity index (χ4v) is 1.59. The Morgan fingerprint density at radius 1 is 1.53 bits per heavy atom. The Kier molecular flexibility index (Phi) is 5.20. The number of carboxylic acid groups (broad SMARTS) is 1. The molecular formula is C12H13ClN2O4. The Balaban J connectivity index is 3.20. The normalized spacial score (nSPS) is 10.9. The number of carboxylic acids is 1. The van der Waals surface area contributed by atoms with E-state index in [1.54, 1.807) is 12.1 Å². The van der Waals surface area contributed by atoms with E-state index in [9.17, 15) is 9.59 Å². The number of benzene rings is 1. The summed E-state index contributed by atoms with van der Waals surface area (Å²) in [6.07, 6.45) is 0.914. The number of halogens is 1. The van der Waals surface area contributed by atoms with Crippen molar-refractivity contribution in [1.82, 2.24) is 5.32 Å². The number of methoxy groups -OCH3 is 1. The maximum absolute atomic E-state index is 10.8. The molecule has 0 aromatic heterocycles. The smallest absolute Gasteiger partial charge is 0.330 e. The molecule has 7 heteroatoms. The molecule has 0 aliphatic carbocycles. The zero-order chi connectivity index (χ0) is 14.4. The molecule has 19 heavy (non-hydrogen) atoms. The van der Waals surface area contributed by atoms with E-state index in [0.29, 0.717) is 16.3 Å². The van der Waals surface area contributed by atoms with E-state index in [1.165, 1.54) is 13.2 Å². The van der Waals surface area contributed by atoms with E-state index in [0.717, 1.165) is 6.08 Å². The number of nitrogens with one attached hydrogen (secondary N) is 1. The lowest BCUT2D eigenvalue weighted by Crippen LogP contribution is -2.28. The monoisotopic (exact) mass is 284 g/mol. The summed E-state index contributed by atoms with van der Waals surface area (Å²) in [5.41, 5.74) is 5.63. The van der Waals surface area contributed by atoms with Gasteiger partial charge in [0, 0.05) is 16.7 Å². The van der Waals surface area contributed by atoms with Crippen molar-refractivity contribution in [3.63, 3.8) is 0 Å². The Labute approximate surface area is 114 Å². The molecule has 0 bridgehead atoms. The number of rotatable bonds is 6. The summed E-state index contributed by atoms with van der Waals surface area (Å²) in [6.45, 7) is -0.200. The predicted octanol–water partition coefficient (Wildman–Crippen LogP) is 0.849. The molecule has 0 radical (unpaired) electrons. The standard InChI is InChI=1S/C12H13ClN2O4/c1-19-10-3-2-7(13)4-8(10)9(5-12(17)18)15-6-11(14)16/h2-5,15H,6H2,1H3,(H2,14,16)(H,17,18). The largest absolute Gasteiger partial charge is 0.496 e. The fourth-order valence-electron chi connectivity index (χ4n) is 1.42.